The third-order valence-corrected chi connectivity index (χ3v) is 11.0. The molecule has 302 valence electrons. The van der Waals surface area contributed by atoms with Crippen molar-refractivity contribution in [2.45, 2.75) is 50.7 Å². The number of fused-ring (bicyclic) bond motifs is 5. The number of ether oxygens (including phenoxy) is 4. The summed E-state index contributed by atoms with van der Waals surface area (Å²) in [6.45, 7) is 2.18. The maximum Gasteiger partial charge on any atom is 0.278 e. The lowest BCUT2D eigenvalue weighted by Crippen LogP contribution is -3.00. The normalized spacial score (nSPS) is 17.4. The summed E-state index contributed by atoms with van der Waals surface area (Å²) in [7, 11) is 3.32. The summed E-state index contributed by atoms with van der Waals surface area (Å²) in [5, 5.41) is 30.6. The van der Waals surface area contributed by atoms with Gasteiger partial charge in [-0.1, -0.05) is 24.3 Å². The molecule has 2 unspecified atom stereocenters. The van der Waals surface area contributed by atoms with Crippen molar-refractivity contribution < 1.29 is 59.2 Å². The summed E-state index contributed by atoms with van der Waals surface area (Å²) in [4.78, 5) is 19.2. The van der Waals surface area contributed by atoms with Gasteiger partial charge in [0, 0.05) is 36.1 Å². The number of rotatable bonds is 10. The van der Waals surface area contributed by atoms with E-state index in [1.807, 2.05) is 18.2 Å². The van der Waals surface area contributed by atoms with E-state index >= 15 is 0 Å². The lowest BCUT2D eigenvalue weighted by molar-refractivity contribution is -0.985. The minimum atomic E-state index is -1.70. The van der Waals surface area contributed by atoms with Crippen molar-refractivity contribution in [2.24, 2.45) is 0 Å². The maximum absolute atomic E-state index is 14.1. The number of benzene rings is 4. The van der Waals surface area contributed by atoms with Crippen LogP contribution in [0.5, 0.6) is 23.0 Å². The molecule has 5 heterocycles. The van der Waals surface area contributed by atoms with Crippen molar-refractivity contribution >= 4 is 5.69 Å². The van der Waals surface area contributed by atoms with Gasteiger partial charge in [0.05, 0.1) is 49.9 Å². The Hall–Kier alpha value is -5.98. The summed E-state index contributed by atoms with van der Waals surface area (Å²) >= 11 is 0. The van der Waals surface area contributed by atoms with Gasteiger partial charge < -0.3 is 45.5 Å². The van der Waals surface area contributed by atoms with Gasteiger partial charge in [-0.3, -0.25) is 10.1 Å². The molecule has 0 saturated carbocycles. The van der Waals surface area contributed by atoms with Crippen LogP contribution in [0.15, 0.2) is 92.0 Å². The molecule has 0 fully saturated rings. The molecule has 0 aliphatic carbocycles. The number of nitrogens with zero attached hydrogens (tertiary/aromatic N) is 8. The highest BCUT2D eigenvalue weighted by atomic mass is 79.9. The fourth-order valence-electron chi connectivity index (χ4n) is 8.39. The number of para-hydroxylation sites is 1. The largest absolute Gasteiger partial charge is 1.00 e. The molecule has 3 aliphatic heterocycles. The summed E-state index contributed by atoms with van der Waals surface area (Å²) in [5.41, 5.74) is 3.99. The van der Waals surface area contributed by atoms with Crippen LogP contribution in [0.1, 0.15) is 39.4 Å². The van der Waals surface area contributed by atoms with Crippen LogP contribution in [0, 0.1) is 21.7 Å². The highest BCUT2D eigenvalue weighted by molar-refractivity contribution is 5.54. The van der Waals surface area contributed by atoms with Gasteiger partial charge in [0.2, 0.25) is 6.79 Å². The van der Waals surface area contributed by atoms with Gasteiger partial charge >= 0.3 is 0 Å². The molecule has 0 spiro atoms. The molecule has 58 heavy (non-hydrogen) atoms. The summed E-state index contributed by atoms with van der Waals surface area (Å²) in [6, 6.07) is 18.6. The second-order valence-electron chi connectivity index (χ2n) is 14.3. The van der Waals surface area contributed by atoms with E-state index in [0.717, 1.165) is 59.9 Å². The minimum absolute atomic E-state index is 0. The van der Waals surface area contributed by atoms with Crippen LogP contribution in [0.2, 0.25) is 0 Å². The second kappa shape index (κ2) is 16.5. The van der Waals surface area contributed by atoms with Crippen molar-refractivity contribution in [1.29, 1.82) is 0 Å². The number of halogens is 3. The average Bonchev–Trinajstić information content (AvgIpc) is 4.01. The predicted molar refractivity (Wildman–Crippen MR) is 198 cm³/mol. The molecule has 1 N–H and O–H groups in total. The van der Waals surface area contributed by atoms with Gasteiger partial charge in [0.1, 0.15) is 61.7 Å². The van der Waals surface area contributed by atoms with Gasteiger partial charge in [-0.25, -0.2) is 28.1 Å². The van der Waals surface area contributed by atoms with E-state index in [4.69, 9.17) is 18.9 Å². The molecule has 2 aromatic heterocycles. The van der Waals surface area contributed by atoms with Crippen molar-refractivity contribution in [3.63, 3.8) is 0 Å². The first-order valence-corrected chi connectivity index (χ1v) is 18.2. The van der Waals surface area contributed by atoms with E-state index in [1.165, 1.54) is 57.4 Å². The van der Waals surface area contributed by atoms with Gasteiger partial charge in [-0.2, -0.15) is 10.2 Å². The highest BCUT2D eigenvalue weighted by Crippen LogP contribution is 2.51. The molecule has 6 aromatic rings. The Kier molecular flexibility index (Phi) is 11.4. The Morgan fingerprint density at radius 3 is 2.29 bits per heavy atom. The molecule has 3 aliphatic rings. The highest BCUT2D eigenvalue weighted by Gasteiger charge is 2.48. The number of quaternary nitrogens is 1. The maximum atomic E-state index is 14.1. The Bertz CT molecular complexity index is 2380. The zero-order valence-electron chi connectivity index (χ0n) is 31.5. The molecule has 0 radical (unpaired) electrons. The topological polar surface area (TPSA) is 162 Å². The fourth-order valence-corrected chi connectivity index (χ4v) is 8.39. The van der Waals surface area contributed by atoms with Crippen LogP contribution in [0.4, 0.5) is 14.5 Å². The molecule has 0 saturated heterocycles. The third kappa shape index (κ3) is 7.69. The third-order valence-electron chi connectivity index (χ3n) is 11.0. The number of aliphatic hydroxyl groups is 1. The van der Waals surface area contributed by atoms with Gasteiger partial charge in [-0.05, 0) is 41.5 Å². The van der Waals surface area contributed by atoms with Crippen LogP contribution in [0.3, 0.4) is 0 Å². The van der Waals surface area contributed by atoms with Crippen molar-refractivity contribution in [2.75, 3.05) is 27.6 Å². The second-order valence-corrected chi connectivity index (χ2v) is 14.3. The number of hydrogen-bond donors (Lipinski definition) is 1. The molecule has 4 aromatic carbocycles. The molecule has 18 heteroatoms. The molecule has 15 nitrogen and oxygen atoms in total. The van der Waals surface area contributed by atoms with Crippen LogP contribution in [-0.4, -0.2) is 71.6 Å². The molecule has 0 bridgehead atoms. The molecule has 2 atom stereocenters. The number of nitro groups is 1. The van der Waals surface area contributed by atoms with E-state index in [2.05, 4.69) is 38.4 Å². The van der Waals surface area contributed by atoms with E-state index < -0.39 is 17.2 Å². The fraction of sp³-hybridized carbons (Fsp3) is 0.300. The first-order valence-electron chi connectivity index (χ1n) is 18.2. The van der Waals surface area contributed by atoms with E-state index in [-0.39, 0.29) is 59.1 Å². The van der Waals surface area contributed by atoms with E-state index in [9.17, 15) is 24.0 Å². The molecule has 0 amide bonds. The zero-order valence-corrected chi connectivity index (χ0v) is 33.1. The summed E-state index contributed by atoms with van der Waals surface area (Å²) in [5.74, 6) is 1.46. The van der Waals surface area contributed by atoms with Gasteiger partial charge in [-0.15, -0.1) is 0 Å². The minimum Gasteiger partial charge on any atom is -1.00 e. The quantitative estimate of drug-likeness (QED) is 0.122. The van der Waals surface area contributed by atoms with Gasteiger partial charge in [0.15, 0.2) is 23.0 Å². The number of aromatic nitrogens is 6. The van der Waals surface area contributed by atoms with Crippen LogP contribution >= 0.6 is 0 Å². The van der Waals surface area contributed by atoms with E-state index in [1.54, 1.807) is 26.4 Å². The molecule has 9 rings (SSSR count). The SMILES string of the molecule is COc1ccc2c(c1OC)C[N+]1(Cc3ccccc3[N+](=O)[O-])CCc3cc4c(cc3C1C2)OCO4.OC(Cn1cncn1)(Cn1cncn1)c1ccc(F)cc1F.[Br-]. The van der Waals surface area contributed by atoms with Crippen LogP contribution in [-0.2, 0) is 44.6 Å². The van der Waals surface area contributed by atoms with Crippen molar-refractivity contribution in [3.05, 3.63) is 147 Å². The lowest BCUT2D eigenvalue weighted by Gasteiger charge is -2.51. The standard InChI is InChI=1S/C27H27N2O6.C13H12F2N6O.BrH/c1-32-24-8-7-17-11-23-20-13-26-25(34-16-35-26)12-18(20)9-10-29(23,15-21(17)27(24)33-2)14-19-5-3-4-6-22(19)28(30)31;14-10-1-2-11(12(15)3-10)13(22,4-20-8-16-6-18-20)5-21-9-17-7-19-21;/h3-8,12-13,23H,9-11,14-16H2,1-2H3;1-3,6-9,22H,4-5H2;1H/q+1;;/p-1. The Morgan fingerprint density at radius 2 is 1.66 bits per heavy atom. The molecular weight excluding hydrogens is 822 g/mol. The number of hydrogen-bond acceptors (Lipinski definition) is 11. The summed E-state index contributed by atoms with van der Waals surface area (Å²) < 4.78 is 53.4. The average molecular weight is 862 g/mol. The monoisotopic (exact) mass is 860 g/mol. The molecular formula is C40H39BrF2N8O7. The van der Waals surface area contributed by atoms with Crippen molar-refractivity contribution in [3.8, 4) is 23.0 Å². The van der Waals surface area contributed by atoms with Crippen LogP contribution < -0.4 is 35.9 Å². The zero-order chi connectivity index (χ0) is 39.7. The first kappa shape index (κ1) is 40.2. The van der Waals surface area contributed by atoms with Gasteiger partial charge in [0.25, 0.3) is 5.69 Å². The Morgan fingerprint density at radius 1 is 0.948 bits per heavy atom. The predicted octanol–water partition coefficient (Wildman–Crippen LogP) is 2.45. The summed E-state index contributed by atoms with van der Waals surface area (Å²) in [6.07, 6.45) is 7.04. The Labute approximate surface area is 341 Å². The lowest BCUT2D eigenvalue weighted by atomic mass is 9.80. The van der Waals surface area contributed by atoms with Crippen LogP contribution in [0.25, 0.3) is 0 Å². The Balaban J connectivity index is 0.000000192. The number of nitro benzene ring substituents is 1. The first-order chi connectivity index (χ1) is 27.6. The smallest absolute Gasteiger partial charge is 0.278 e. The number of methoxy groups -OCH3 is 2. The van der Waals surface area contributed by atoms with Crippen molar-refractivity contribution in [1.82, 2.24) is 29.5 Å². The van der Waals surface area contributed by atoms with E-state index in [0.29, 0.717) is 23.3 Å².